The van der Waals surface area contributed by atoms with Gasteiger partial charge in [0.2, 0.25) is 0 Å². The van der Waals surface area contributed by atoms with Gasteiger partial charge < -0.3 is 4.57 Å². The summed E-state index contributed by atoms with van der Waals surface area (Å²) in [5, 5.41) is 5.33. The maximum Gasteiger partial charge on any atom is 0.277 e. The van der Waals surface area contributed by atoms with E-state index in [2.05, 4.69) is 69.0 Å². The van der Waals surface area contributed by atoms with Crippen LogP contribution in [0.25, 0.3) is 11.3 Å². The summed E-state index contributed by atoms with van der Waals surface area (Å²) in [4.78, 5) is 25.2. The first-order valence-corrected chi connectivity index (χ1v) is 10.7. The number of carbonyl (C=O) groups is 1. The molecule has 30 heavy (non-hydrogen) atoms. The average Bonchev–Trinajstić information content (AvgIpc) is 3.31. The predicted molar refractivity (Wildman–Crippen MR) is 120 cm³/mol. The molecule has 0 atom stereocenters. The molecule has 7 heteroatoms. The molecular formula is C23H23N5OS. The average molecular weight is 418 g/mol. The maximum atomic E-state index is 12.4. The summed E-state index contributed by atoms with van der Waals surface area (Å²) in [6.45, 7) is 6.99. The standard InChI is InChI=1S/C23H23N5OS/c1-15-12-25-20(13-24-15)22(29)27-23-26-21(14-30-23)19-11-16(2)28(17(19)3)10-9-18-7-5-4-6-8-18/h4-8,11-14H,9-10H2,1-3H3,(H,26,27,29). The van der Waals surface area contributed by atoms with Gasteiger partial charge in [-0.2, -0.15) is 0 Å². The fourth-order valence-electron chi connectivity index (χ4n) is 3.42. The zero-order valence-corrected chi connectivity index (χ0v) is 18.0. The smallest absolute Gasteiger partial charge is 0.277 e. The third-order valence-electron chi connectivity index (χ3n) is 5.05. The Bertz CT molecular complexity index is 1160. The number of aromatic nitrogens is 4. The van der Waals surface area contributed by atoms with Crippen LogP contribution in [0.5, 0.6) is 0 Å². The summed E-state index contributed by atoms with van der Waals surface area (Å²) < 4.78 is 2.32. The van der Waals surface area contributed by atoms with E-state index in [1.165, 1.54) is 34.5 Å². The molecular weight excluding hydrogens is 394 g/mol. The van der Waals surface area contributed by atoms with E-state index in [0.29, 0.717) is 5.13 Å². The molecule has 1 aromatic carbocycles. The van der Waals surface area contributed by atoms with E-state index in [-0.39, 0.29) is 11.6 Å². The van der Waals surface area contributed by atoms with Crippen LogP contribution in [-0.4, -0.2) is 25.4 Å². The summed E-state index contributed by atoms with van der Waals surface area (Å²) in [6, 6.07) is 12.7. The number of aryl methyl sites for hydroxylation is 3. The molecule has 0 fully saturated rings. The van der Waals surface area contributed by atoms with Crippen molar-refractivity contribution in [2.75, 3.05) is 5.32 Å². The summed E-state index contributed by atoms with van der Waals surface area (Å²) >= 11 is 1.40. The molecule has 0 radical (unpaired) electrons. The van der Waals surface area contributed by atoms with Crippen molar-refractivity contribution in [1.29, 1.82) is 0 Å². The highest BCUT2D eigenvalue weighted by atomic mass is 32.1. The molecule has 1 amide bonds. The quantitative estimate of drug-likeness (QED) is 0.488. The number of carbonyl (C=O) groups excluding carboxylic acids is 1. The van der Waals surface area contributed by atoms with Crippen molar-refractivity contribution in [2.45, 2.75) is 33.7 Å². The SMILES string of the molecule is Cc1cnc(C(=O)Nc2nc(-c3cc(C)n(CCc4ccccc4)c3C)cs2)cn1. The van der Waals surface area contributed by atoms with Crippen LogP contribution in [0.1, 0.15) is 33.1 Å². The molecule has 152 valence electrons. The van der Waals surface area contributed by atoms with Gasteiger partial charge in [0, 0.05) is 35.1 Å². The van der Waals surface area contributed by atoms with E-state index in [9.17, 15) is 4.79 Å². The number of benzene rings is 1. The highest BCUT2D eigenvalue weighted by molar-refractivity contribution is 7.14. The predicted octanol–water partition coefficient (Wildman–Crippen LogP) is 4.82. The molecule has 0 saturated carbocycles. The number of hydrogen-bond donors (Lipinski definition) is 1. The number of amides is 1. The van der Waals surface area contributed by atoms with Crippen LogP contribution in [0.3, 0.4) is 0 Å². The topological polar surface area (TPSA) is 72.7 Å². The normalized spacial score (nSPS) is 10.9. The third kappa shape index (κ3) is 4.31. The van der Waals surface area contributed by atoms with Crippen LogP contribution in [0.15, 0.2) is 54.2 Å². The van der Waals surface area contributed by atoms with Gasteiger partial charge in [0.25, 0.3) is 5.91 Å². The number of anilines is 1. The number of hydrogen-bond acceptors (Lipinski definition) is 5. The van der Waals surface area contributed by atoms with Crippen LogP contribution in [0, 0.1) is 20.8 Å². The molecule has 0 unspecified atom stereocenters. The van der Waals surface area contributed by atoms with Crippen molar-refractivity contribution in [2.24, 2.45) is 0 Å². The summed E-state index contributed by atoms with van der Waals surface area (Å²) in [5.41, 5.74) is 6.70. The highest BCUT2D eigenvalue weighted by Gasteiger charge is 2.15. The second kappa shape index (κ2) is 8.59. The minimum absolute atomic E-state index is 0.274. The minimum atomic E-state index is -0.309. The Balaban J connectivity index is 1.49. The van der Waals surface area contributed by atoms with Crippen molar-refractivity contribution in [1.82, 2.24) is 19.5 Å². The number of nitrogens with zero attached hydrogens (tertiary/aromatic N) is 4. The summed E-state index contributed by atoms with van der Waals surface area (Å²) in [6.07, 6.45) is 4.03. The molecule has 0 saturated heterocycles. The van der Waals surface area contributed by atoms with E-state index in [1.807, 2.05) is 18.4 Å². The van der Waals surface area contributed by atoms with Gasteiger partial charge >= 0.3 is 0 Å². The van der Waals surface area contributed by atoms with Gasteiger partial charge in [-0.25, -0.2) is 9.97 Å². The maximum absolute atomic E-state index is 12.4. The van der Waals surface area contributed by atoms with Crippen molar-refractivity contribution < 1.29 is 4.79 Å². The fraction of sp³-hybridized carbons (Fsp3) is 0.217. The van der Waals surface area contributed by atoms with Crippen molar-refractivity contribution in [3.63, 3.8) is 0 Å². The van der Waals surface area contributed by atoms with Crippen LogP contribution < -0.4 is 5.32 Å². The Labute approximate surface area is 179 Å². The fourth-order valence-corrected chi connectivity index (χ4v) is 4.12. The van der Waals surface area contributed by atoms with Crippen molar-refractivity contribution in [3.8, 4) is 11.3 Å². The summed E-state index contributed by atoms with van der Waals surface area (Å²) in [5.74, 6) is -0.309. The lowest BCUT2D eigenvalue weighted by atomic mass is 10.1. The van der Waals surface area contributed by atoms with Gasteiger partial charge in [-0.3, -0.25) is 15.1 Å². The largest absolute Gasteiger partial charge is 0.348 e. The zero-order valence-electron chi connectivity index (χ0n) is 17.2. The number of thiazole rings is 1. The minimum Gasteiger partial charge on any atom is -0.348 e. The molecule has 0 bridgehead atoms. The van der Waals surface area contributed by atoms with E-state index < -0.39 is 0 Å². The van der Waals surface area contributed by atoms with Gasteiger partial charge in [-0.15, -0.1) is 11.3 Å². The van der Waals surface area contributed by atoms with E-state index >= 15 is 0 Å². The molecule has 6 nitrogen and oxygen atoms in total. The second-order valence-corrected chi connectivity index (χ2v) is 8.07. The highest BCUT2D eigenvalue weighted by Crippen LogP contribution is 2.30. The van der Waals surface area contributed by atoms with Crippen LogP contribution in [-0.2, 0) is 13.0 Å². The molecule has 0 aliphatic carbocycles. The molecule has 1 N–H and O–H groups in total. The summed E-state index contributed by atoms with van der Waals surface area (Å²) in [7, 11) is 0. The second-order valence-electron chi connectivity index (χ2n) is 7.21. The van der Waals surface area contributed by atoms with Gasteiger partial charge in [0.05, 0.1) is 17.6 Å². The van der Waals surface area contributed by atoms with E-state index in [4.69, 9.17) is 0 Å². The number of rotatable bonds is 6. The van der Waals surface area contributed by atoms with Crippen LogP contribution in [0.2, 0.25) is 0 Å². The lowest BCUT2D eigenvalue weighted by Gasteiger charge is -2.09. The molecule has 0 aliphatic rings. The van der Waals surface area contributed by atoms with Crippen molar-refractivity contribution in [3.05, 3.63) is 82.5 Å². The number of nitrogens with one attached hydrogen (secondary N) is 1. The lowest BCUT2D eigenvalue weighted by molar-refractivity contribution is 0.102. The Kier molecular flexibility index (Phi) is 5.72. The Hall–Kier alpha value is -3.32. The van der Waals surface area contributed by atoms with E-state index in [0.717, 1.165) is 29.9 Å². The molecule has 0 aliphatic heterocycles. The molecule has 4 aromatic rings. The van der Waals surface area contributed by atoms with Crippen molar-refractivity contribution >= 4 is 22.4 Å². The molecule has 3 heterocycles. The molecule has 0 spiro atoms. The monoisotopic (exact) mass is 417 g/mol. The Morgan fingerprint density at radius 2 is 1.90 bits per heavy atom. The van der Waals surface area contributed by atoms with E-state index in [1.54, 1.807) is 6.20 Å². The molecule has 4 rings (SSSR count). The van der Waals surface area contributed by atoms with Gasteiger partial charge in [-0.05, 0) is 38.8 Å². The lowest BCUT2D eigenvalue weighted by Crippen LogP contribution is -2.14. The first kappa shape index (κ1) is 20.0. The Morgan fingerprint density at radius 1 is 1.10 bits per heavy atom. The molecule has 3 aromatic heterocycles. The van der Waals surface area contributed by atoms with Gasteiger partial charge in [-0.1, -0.05) is 30.3 Å². The first-order chi connectivity index (χ1) is 14.5. The van der Waals surface area contributed by atoms with Crippen LogP contribution >= 0.6 is 11.3 Å². The van der Waals surface area contributed by atoms with Gasteiger partial charge in [0.1, 0.15) is 5.69 Å². The van der Waals surface area contributed by atoms with Gasteiger partial charge in [0.15, 0.2) is 5.13 Å². The Morgan fingerprint density at radius 3 is 2.63 bits per heavy atom. The van der Waals surface area contributed by atoms with Crippen LogP contribution in [0.4, 0.5) is 5.13 Å². The first-order valence-electron chi connectivity index (χ1n) is 9.78. The third-order valence-corrected chi connectivity index (χ3v) is 5.81. The zero-order chi connectivity index (χ0) is 21.1.